The van der Waals surface area contributed by atoms with Crippen molar-refractivity contribution in [2.45, 2.75) is 26.1 Å². The molecule has 0 bridgehead atoms. The van der Waals surface area contributed by atoms with E-state index in [2.05, 4.69) is 0 Å². The summed E-state index contributed by atoms with van der Waals surface area (Å²) in [7, 11) is 3.08. The van der Waals surface area contributed by atoms with Crippen LogP contribution in [0.5, 0.6) is 0 Å². The van der Waals surface area contributed by atoms with Gasteiger partial charge in [0.25, 0.3) is 0 Å². The molecule has 0 saturated carbocycles. The Morgan fingerprint density at radius 2 is 1.36 bits per heavy atom. The Kier molecular flexibility index (Phi) is 7.14. The first-order valence-electron chi connectivity index (χ1n) is 4.45. The van der Waals surface area contributed by atoms with Gasteiger partial charge in [-0.3, -0.25) is 0 Å². The lowest BCUT2D eigenvalue weighted by Crippen LogP contribution is -2.25. The van der Waals surface area contributed by atoms with Crippen LogP contribution in [0.15, 0.2) is 0 Å². The maximum absolute atomic E-state index is 11.1. The number of rotatable bonds is 6. The highest BCUT2D eigenvalue weighted by atomic mass is 16.7. The second-order valence-electron chi connectivity index (χ2n) is 3.02. The molecule has 0 aromatic rings. The van der Waals surface area contributed by atoms with E-state index in [4.69, 9.17) is 18.9 Å². The fourth-order valence-electron chi connectivity index (χ4n) is 0.894. The largest absolute Gasteiger partial charge is 0.508 e. The van der Waals surface area contributed by atoms with Crippen LogP contribution < -0.4 is 0 Å². The van der Waals surface area contributed by atoms with Crippen molar-refractivity contribution in [2.75, 3.05) is 27.4 Å². The van der Waals surface area contributed by atoms with Gasteiger partial charge in [-0.05, 0) is 13.8 Å². The number of hydrogen-bond donors (Lipinski definition) is 0. The van der Waals surface area contributed by atoms with Gasteiger partial charge in [-0.25, -0.2) is 4.79 Å². The van der Waals surface area contributed by atoms with Gasteiger partial charge in [0.05, 0.1) is 13.2 Å². The molecule has 14 heavy (non-hydrogen) atoms. The van der Waals surface area contributed by atoms with Gasteiger partial charge in [-0.15, -0.1) is 0 Å². The van der Waals surface area contributed by atoms with Crippen molar-refractivity contribution in [1.82, 2.24) is 0 Å². The molecule has 0 radical (unpaired) electrons. The van der Waals surface area contributed by atoms with Crippen molar-refractivity contribution in [2.24, 2.45) is 0 Å². The second kappa shape index (κ2) is 7.58. The maximum Gasteiger partial charge on any atom is 0.508 e. The van der Waals surface area contributed by atoms with E-state index >= 15 is 0 Å². The van der Waals surface area contributed by atoms with E-state index in [9.17, 15) is 4.79 Å². The molecule has 0 heterocycles. The Hall–Kier alpha value is -0.810. The summed E-state index contributed by atoms with van der Waals surface area (Å²) in [5.74, 6) is 0. The maximum atomic E-state index is 11.1. The summed E-state index contributed by atoms with van der Waals surface area (Å²) in [5.41, 5.74) is 0. The Morgan fingerprint density at radius 3 is 1.64 bits per heavy atom. The molecule has 0 spiro atoms. The summed E-state index contributed by atoms with van der Waals surface area (Å²) in [6, 6.07) is 0. The minimum absolute atomic E-state index is 0.303. The van der Waals surface area contributed by atoms with Gasteiger partial charge in [-0.2, -0.15) is 0 Å². The highest BCUT2D eigenvalue weighted by Gasteiger charge is 2.13. The third-order valence-electron chi connectivity index (χ3n) is 1.40. The molecule has 5 heteroatoms. The molecule has 0 saturated heterocycles. The zero-order chi connectivity index (χ0) is 11.0. The minimum Gasteiger partial charge on any atom is -0.429 e. The summed E-state index contributed by atoms with van der Waals surface area (Å²) in [4.78, 5) is 11.1. The molecular formula is C9H18O5. The monoisotopic (exact) mass is 206 g/mol. The lowest BCUT2D eigenvalue weighted by atomic mass is 10.4. The van der Waals surface area contributed by atoms with E-state index in [1.54, 1.807) is 28.1 Å². The summed E-state index contributed by atoms with van der Waals surface area (Å²) in [6.07, 6.45) is -1.30. The molecule has 0 amide bonds. The van der Waals surface area contributed by atoms with E-state index in [1.807, 2.05) is 0 Å². The molecule has 0 N–H and O–H groups in total. The van der Waals surface area contributed by atoms with Gasteiger partial charge in [0.1, 0.15) is 12.2 Å². The van der Waals surface area contributed by atoms with Crippen LogP contribution in [0.25, 0.3) is 0 Å². The van der Waals surface area contributed by atoms with Crippen molar-refractivity contribution >= 4 is 6.16 Å². The molecular weight excluding hydrogens is 188 g/mol. The second-order valence-corrected chi connectivity index (χ2v) is 3.02. The van der Waals surface area contributed by atoms with Crippen LogP contribution in [0.4, 0.5) is 4.79 Å². The third kappa shape index (κ3) is 6.68. The van der Waals surface area contributed by atoms with Crippen LogP contribution in [0.3, 0.4) is 0 Å². The normalized spacial score (nSPS) is 14.6. The van der Waals surface area contributed by atoms with Crippen LogP contribution in [-0.2, 0) is 18.9 Å². The van der Waals surface area contributed by atoms with Gasteiger partial charge < -0.3 is 18.9 Å². The van der Waals surface area contributed by atoms with Gasteiger partial charge >= 0.3 is 6.16 Å². The quantitative estimate of drug-likeness (QED) is 0.611. The van der Waals surface area contributed by atoms with Gasteiger partial charge in [0.15, 0.2) is 0 Å². The molecule has 0 aliphatic carbocycles. The summed E-state index contributed by atoms with van der Waals surface area (Å²) in [6.45, 7) is 4.17. The highest BCUT2D eigenvalue weighted by molar-refractivity contribution is 5.60. The first kappa shape index (κ1) is 13.2. The zero-order valence-corrected chi connectivity index (χ0v) is 9.11. The summed E-state index contributed by atoms with van der Waals surface area (Å²) in [5, 5.41) is 0. The van der Waals surface area contributed by atoms with E-state index in [-0.39, 0.29) is 12.2 Å². The lowest BCUT2D eigenvalue weighted by molar-refractivity contribution is -0.0287. The standard InChI is InChI=1S/C9H18O5/c1-7(5-11-3)13-9(10)14-8(2)6-12-4/h7-8H,5-6H2,1-4H3/t7-,8-/m1/s1. The smallest absolute Gasteiger partial charge is 0.429 e. The molecule has 2 atom stereocenters. The molecule has 0 unspecified atom stereocenters. The van der Waals surface area contributed by atoms with Crippen molar-refractivity contribution in [1.29, 1.82) is 0 Å². The first-order chi connectivity index (χ1) is 6.60. The van der Waals surface area contributed by atoms with Crippen LogP contribution in [0, 0.1) is 0 Å². The molecule has 5 nitrogen and oxygen atoms in total. The van der Waals surface area contributed by atoms with Gasteiger partial charge in [0, 0.05) is 14.2 Å². The minimum atomic E-state index is -0.695. The molecule has 0 aromatic carbocycles. The molecule has 0 aromatic heterocycles. The van der Waals surface area contributed by atoms with Crippen molar-refractivity contribution < 1.29 is 23.7 Å². The van der Waals surface area contributed by atoms with Crippen molar-refractivity contribution in [3.8, 4) is 0 Å². The van der Waals surface area contributed by atoms with E-state index in [1.165, 1.54) is 0 Å². The van der Waals surface area contributed by atoms with Crippen LogP contribution in [0.1, 0.15) is 13.8 Å². The SMILES string of the molecule is COC[C@@H](C)OC(=O)O[C@H](C)COC. The summed E-state index contributed by atoms with van der Waals surface area (Å²) >= 11 is 0. The number of hydrogen-bond acceptors (Lipinski definition) is 5. The van der Waals surface area contributed by atoms with Gasteiger partial charge in [0.2, 0.25) is 0 Å². The van der Waals surface area contributed by atoms with Gasteiger partial charge in [-0.1, -0.05) is 0 Å². The Morgan fingerprint density at radius 1 is 1.00 bits per heavy atom. The highest BCUT2D eigenvalue weighted by Crippen LogP contribution is 1.99. The Labute approximate surface area is 84.3 Å². The average molecular weight is 206 g/mol. The van der Waals surface area contributed by atoms with Crippen LogP contribution in [0.2, 0.25) is 0 Å². The predicted octanol–water partition coefficient (Wildman–Crippen LogP) is 1.21. The predicted molar refractivity (Wildman–Crippen MR) is 50.2 cm³/mol. The molecule has 0 rings (SSSR count). The van der Waals surface area contributed by atoms with Crippen LogP contribution in [-0.4, -0.2) is 45.8 Å². The Balaban J connectivity index is 3.63. The molecule has 0 fully saturated rings. The molecule has 0 aliphatic rings. The third-order valence-corrected chi connectivity index (χ3v) is 1.40. The summed E-state index contributed by atoms with van der Waals surface area (Å²) < 4.78 is 19.3. The zero-order valence-electron chi connectivity index (χ0n) is 9.11. The lowest BCUT2D eigenvalue weighted by Gasteiger charge is -2.15. The molecule has 84 valence electrons. The topological polar surface area (TPSA) is 54.0 Å². The molecule has 0 aliphatic heterocycles. The van der Waals surface area contributed by atoms with E-state index in [0.29, 0.717) is 13.2 Å². The number of carbonyl (C=O) groups is 1. The fourth-order valence-corrected chi connectivity index (χ4v) is 0.894. The Bertz CT molecular complexity index is 143. The van der Waals surface area contributed by atoms with Crippen molar-refractivity contribution in [3.05, 3.63) is 0 Å². The van der Waals surface area contributed by atoms with Crippen LogP contribution >= 0.6 is 0 Å². The van der Waals surface area contributed by atoms with Crippen molar-refractivity contribution in [3.63, 3.8) is 0 Å². The van der Waals surface area contributed by atoms with E-state index < -0.39 is 6.16 Å². The van der Waals surface area contributed by atoms with E-state index in [0.717, 1.165) is 0 Å². The number of carbonyl (C=O) groups excluding carboxylic acids is 1. The fraction of sp³-hybridized carbons (Fsp3) is 0.889. The number of ether oxygens (including phenoxy) is 4. The first-order valence-corrected chi connectivity index (χ1v) is 4.45. The number of methoxy groups -OCH3 is 2. The average Bonchev–Trinajstić information content (AvgIpc) is 2.03.